The summed E-state index contributed by atoms with van der Waals surface area (Å²) >= 11 is 0. The van der Waals surface area contributed by atoms with Crippen LogP contribution in [0, 0.1) is 5.92 Å². The lowest BCUT2D eigenvalue weighted by Crippen LogP contribution is -2.47. The Labute approximate surface area is 90.8 Å². The number of carbonyl (C=O) groups is 1. The fraction of sp³-hybridized carbons (Fsp3) is 0.909. The van der Waals surface area contributed by atoms with Crippen LogP contribution in [0.1, 0.15) is 25.7 Å². The molecule has 1 heterocycles. The van der Waals surface area contributed by atoms with Crippen molar-refractivity contribution in [1.82, 2.24) is 4.90 Å². The minimum Gasteiger partial charge on any atom is -0.385 e. The maximum atomic E-state index is 12.0. The van der Waals surface area contributed by atoms with E-state index >= 15 is 0 Å². The fourth-order valence-corrected chi connectivity index (χ4v) is 2.78. The first kappa shape index (κ1) is 10.9. The summed E-state index contributed by atoms with van der Waals surface area (Å²) in [4.78, 5) is 14.0. The van der Waals surface area contributed by atoms with Crippen molar-refractivity contribution in [3.63, 3.8) is 0 Å². The summed E-state index contributed by atoms with van der Waals surface area (Å²) in [6, 6.07) is 0.111. The maximum absolute atomic E-state index is 12.0. The molecule has 2 bridgehead atoms. The zero-order valence-electron chi connectivity index (χ0n) is 9.32. The van der Waals surface area contributed by atoms with Gasteiger partial charge in [0.25, 0.3) is 0 Å². The van der Waals surface area contributed by atoms with Gasteiger partial charge in [-0.1, -0.05) is 0 Å². The van der Waals surface area contributed by atoms with Gasteiger partial charge in [-0.05, 0) is 31.6 Å². The van der Waals surface area contributed by atoms with Crippen LogP contribution in [0.2, 0.25) is 0 Å². The second-order valence-corrected chi connectivity index (χ2v) is 4.71. The number of hydrogen-bond donors (Lipinski definition) is 1. The minimum absolute atomic E-state index is 0.124. The van der Waals surface area contributed by atoms with Gasteiger partial charge in [0.05, 0.1) is 6.04 Å². The van der Waals surface area contributed by atoms with Crippen molar-refractivity contribution in [1.29, 1.82) is 0 Å². The molecule has 4 heteroatoms. The second-order valence-electron chi connectivity index (χ2n) is 4.71. The molecule has 1 aliphatic heterocycles. The first-order chi connectivity index (χ1) is 7.22. The molecule has 2 rings (SSSR count). The highest BCUT2D eigenvalue weighted by molar-refractivity contribution is 5.82. The number of amides is 1. The number of nitrogens with zero attached hydrogens (tertiary/aromatic N) is 1. The van der Waals surface area contributed by atoms with Crippen LogP contribution in [0.4, 0.5) is 0 Å². The number of nitrogens with two attached hydrogens (primary N) is 1. The number of likely N-dealkylation sites (tertiary alicyclic amines) is 1. The van der Waals surface area contributed by atoms with Gasteiger partial charge in [-0.3, -0.25) is 4.79 Å². The third-order valence-electron chi connectivity index (χ3n) is 3.64. The number of ether oxygens (including phenoxy) is 1. The molecule has 0 spiro atoms. The van der Waals surface area contributed by atoms with Gasteiger partial charge in [0.15, 0.2) is 0 Å². The predicted octanol–water partition coefficient (Wildman–Crippen LogP) is 0.361. The first-order valence-corrected chi connectivity index (χ1v) is 5.77. The molecule has 1 saturated heterocycles. The van der Waals surface area contributed by atoms with Gasteiger partial charge in [0.2, 0.25) is 5.91 Å². The molecule has 2 N–H and O–H groups in total. The number of rotatable bonds is 4. The van der Waals surface area contributed by atoms with E-state index in [1.54, 1.807) is 7.11 Å². The van der Waals surface area contributed by atoms with E-state index in [0.717, 1.165) is 12.5 Å². The highest BCUT2D eigenvalue weighted by Gasteiger charge is 2.41. The fourth-order valence-electron chi connectivity index (χ4n) is 2.78. The van der Waals surface area contributed by atoms with Gasteiger partial charge < -0.3 is 15.4 Å². The largest absolute Gasteiger partial charge is 0.385 e. The van der Waals surface area contributed by atoms with Crippen LogP contribution in [0.5, 0.6) is 0 Å². The first-order valence-electron chi connectivity index (χ1n) is 5.77. The molecular formula is C11H20N2O2. The SMILES string of the molecule is COCCC(N)C(=O)N1CC2CCC1C2. The normalized spacial score (nSPS) is 30.9. The number of fused-ring (bicyclic) bond motifs is 2. The third kappa shape index (κ3) is 2.16. The molecule has 0 radical (unpaired) electrons. The molecule has 86 valence electrons. The molecule has 2 aliphatic rings. The van der Waals surface area contributed by atoms with Crippen LogP contribution < -0.4 is 5.73 Å². The van der Waals surface area contributed by atoms with Gasteiger partial charge in [-0.15, -0.1) is 0 Å². The average Bonchev–Trinajstić information content (AvgIpc) is 2.86. The lowest BCUT2D eigenvalue weighted by Gasteiger charge is -2.29. The Morgan fingerprint density at radius 1 is 1.60 bits per heavy atom. The number of piperidine rings is 1. The maximum Gasteiger partial charge on any atom is 0.239 e. The number of carbonyl (C=O) groups excluding carboxylic acids is 1. The molecule has 4 nitrogen and oxygen atoms in total. The Balaban J connectivity index is 1.85. The lowest BCUT2D eigenvalue weighted by atomic mass is 10.1. The smallest absolute Gasteiger partial charge is 0.239 e. The van der Waals surface area contributed by atoms with E-state index in [-0.39, 0.29) is 11.9 Å². The Morgan fingerprint density at radius 3 is 2.93 bits per heavy atom. The highest BCUT2D eigenvalue weighted by Crippen LogP contribution is 2.37. The highest BCUT2D eigenvalue weighted by atomic mass is 16.5. The lowest BCUT2D eigenvalue weighted by molar-refractivity contribution is -0.134. The van der Waals surface area contributed by atoms with Crippen LogP contribution in [-0.2, 0) is 9.53 Å². The van der Waals surface area contributed by atoms with Crippen molar-refractivity contribution in [2.75, 3.05) is 20.3 Å². The summed E-state index contributed by atoms with van der Waals surface area (Å²) in [7, 11) is 1.63. The van der Waals surface area contributed by atoms with Gasteiger partial charge >= 0.3 is 0 Å². The van der Waals surface area contributed by atoms with Crippen molar-refractivity contribution in [3.8, 4) is 0 Å². The monoisotopic (exact) mass is 212 g/mol. The van der Waals surface area contributed by atoms with Gasteiger partial charge in [0, 0.05) is 26.3 Å². The summed E-state index contributed by atoms with van der Waals surface area (Å²) in [6.07, 6.45) is 4.29. The zero-order chi connectivity index (χ0) is 10.8. The summed E-state index contributed by atoms with van der Waals surface area (Å²) in [5, 5.41) is 0. The van der Waals surface area contributed by atoms with Crippen LogP contribution in [0.25, 0.3) is 0 Å². The standard InChI is InChI=1S/C11H20N2O2/c1-15-5-4-10(12)11(14)13-7-8-2-3-9(13)6-8/h8-10H,2-7,12H2,1H3. The number of methoxy groups -OCH3 is 1. The van der Waals surface area contributed by atoms with Crippen molar-refractivity contribution in [2.24, 2.45) is 11.7 Å². The molecular weight excluding hydrogens is 192 g/mol. The van der Waals surface area contributed by atoms with Crippen LogP contribution in [0.3, 0.4) is 0 Å². The predicted molar refractivity (Wildman–Crippen MR) is 57.3 cm³/mol. The van der Waals surface area contributed by atoms with Gasteiger partial charge in [-0.25, -0.2) is 0 Å². The van der Waals surface area contributed by atoms with E-state index < -0.39 is 0 Å². The second kappa shape index (κ2) is 4.49. The van der Waals surface area contributed by atoms with Gasteiger partial charge in [-0.2, -0.15) is 0 Å². The molecule has 15 heavy (non-hydrogen) atoms. The van der Waals surface area contributed by atoms with Crippen molar-refractivity contribution < 1.29 is 9.53 Å². The summed E-state index contributed by atoms with van der Waals surface area (Å²) < 4.78 is 4.94. The van der Waals surface area contributed by atoms with E-state index in [1.807, 2.05) is 4.90 Å². The summed E-state index contributed by atoms with van der Waals surface area (Å²) in [5.41, 5.74) is 5.84. The van der Waals surface area contributed by atoms with E-state index in [9.17, 15) is 4.79 Å². The molecule has 1 saturated carbocycles. The molecule has 1 aliphatic carbocycles. The topological polar surface area (TPSA) is 55.6 Å². The van der Waals surface area contributed by atoms with E-state index in [2.05, 4.69) is 0 Å². The van der Waals surface area contributed by atoms with Crippen LogP contribution in [-0.4, -0.2) is 43.2 Å². The van der Waals surface area contributed by atoms with Crippen molar-refractivity contribution >= 4 is 5.91 Å². The van der Waals surface area contributed by atoms with Crippen LogP contribution in [0.15, 0.2) is 0 Å². The Morgan fingerprint density at radius 2 is 2.40 bits per heavy atom. The Hall–Kier alpha value is -0.610. The molecule has 3 atom stereocenters. The Bertz CT molecular complexity index is 245. The average molecular weight is 212 g/mol. The molecule has 0 aromatic heterocycles. The number of hydrogen-bond acceptors (Lipinski definition) is 3. The molecule has 0 aromatic carbocycles. The Kier molecular flexibility index (Phi) is 3.26. The van der Waals surface area contributed by atoms with Crippen molar-refractivity contribution in [3.05, 3.63) is 0 Å². The molecule has 2 fully saturated rings. The van der Waals surface area contributed by atoms with E-state index in [0.29, 0.717) is 19.1 Å². The van der Waals surface area contributed by atoms with Crippen LogP contribution >= 0.6 is 0 Å². The third-order valence-corrected chi connectivity index (χ3v) is 3.64. The van der Waals surface area contributed by atoms with E-state index in [4.69, 9.17) is 10.5 Å². The minimum atomic E-state index is -0.371. The molecule has 0 aromatic rings. The quantitative estimate of drug-likeness (QED) is 0.732. The molecule has 1 amide bonds. The molecule has 3 unspecified atom stereocenters. The van der Waals surface area contributed by atoms with E-state index in [1.165, 1.54) is 19.3 Å². The zero-order valence-corrected chi connectivity index (χ0v) is 9.32. The van der Waals surface area contributed by atoms with Gasteiger partial charge in [0.1, 0.15) is 0 Å². The van der Waals surface area contributed by atoms with Crippen molar-refractivity contribution in [2.45, 2.75) is 37.8 Å². The summed E-state index contributed by atoms with van der Waals surface area (Å²) in [6.45, 7) is 1.50. The summed E-state index contributed by atoms with van der Waals surface area (Å²) in [5.74, 6) is 0.868.